The zero-order chi connectivity index (χ0) is 19.7. The smallest absolute Gasteiger partial charge is 0.264 e. The zero-order valence-electron chi connectivity index (χ0n) is 15.0. The molecule has 1 amide bonds. The van der Waals surface area contributed by atoms with Crippen molar-refractivity contribution < 1.29 is 9.90 Å². The third-order valence-corrected chi connectivity index (χ3v) is 5.57. The van der Waals surface area contributed by atoms with E-state index in [0.717, 1.165) is 16.9 Å². The summed E-state index contributed by atoms with van der Waals surface area (Å²) in [5.41, 5.74) is 1.27. The summed E-state index contributed by atoms with van der Waals surface area (Å²) in [6.07, 6.45) is 1.56. The molecule has 4 aromatic rings. The molecule has 0 aliphatic rings. The van der Waals surface area contributed by atoms with Crippen molar-refractivity contribution >= 4 is 28.0 Å². The van der Waals surface area contributed by atoms with Gasteiger partial charge in [0.2, 0.25) is 0 Å². The number of carbonyl (C=O) groups excluding carboxylic acids is 1. The predicted molar refractivity (Wildman–Crippen MR) is 109 cm³/mol. The van der Waals surface area contributed by atoms with Gasteiger partial charge in [-0.05, 0) is 30.7 Å². The highest BCUT2D eigenvalue weighted by Crippen LogP contribution is 2.24. The van der Waals surface area contributed by atoms with Crippen LogP contribution >= 0.6 is 11.3 Å². The van der Waals surface area contributed by atoms with Gasteiger partial charge in [0.25, 0.3) is 11.5 Å². The van der Waals surface area contributed by atoms with E-state index in [1.165, 1.54) is 10.6 Å². The van der Waals surface area contributed by atoms with Crippen molar-refractivity contribution in [3.8, 4) is 10.9 Å². The number of amides is 1. The Morgan fingerprint density at radius 3 is 2.68 bits per heavy atom. The Labute approximate surface area is 164 Å². The van der Waals surface area contributed by atoms with Crippen LogP contribution in [0.3, 0.4) is 0 Å². The molecule has 2 aromatic carbocycles. The SMILES string of the molecule is Cc1nc(-n2ccc3c(O)cccc3c2=O)sc1C(=O)NCc1ccccc1. The normalized spacial score (nSPS) is 10.9. The highest BCUT2D eigenvalue weighted by atomic mass is 32.1. The summed E-state index contributed by atoms with van der Waals surface area (Å²) in [6, 6.07) is 16.1. The molecule has 0 unspecified atom stereocenters. The largest absolute Gasteiger partial charge is 0.507 e. The molecule has 0 fully saturated rings. The van der Waals surface area contributed by atoms with Crippen molar-refractivity contribution in [1.82, 2.24) is 14.9 Å². The van der Waals surface area contributed by atoms with Crippen molar-refractivity contribution in [2.24, 2.45) is 0 Å². The van der Waals surface area contributed by atoms with E-state index in [9.17, 15) is 14.7 Å². The lowest BCUT2D eigenvalue weighted by Gasteiger charge is -2.05. The number of thiazole rings is 1. The van der Waals surface area contributed by atoms with Crippen LogP contribution < -0.4 is 10.9 Å². The fourth-order valence-electron chi connectivity index (χ4n) is 2.97. The van der Waals surface area contributed by atoms with Crippen LogP contribution in [0, 0.1) is 6.92 Å². The molecule has 4 rings (SSSR count). The minimum atomic E-state index is -0.293. The van der Waals surface area contributed by atoms with E-state index in [1.54, 1.807) is 31.3 Å². The van der Waals surface area contributed by atoms with Gasteiger partial charge in [-0.25, -0.2) is 4.98 Å². The monoisotopic (exact) mass is 391 g/mol. The fourth-order valence-corrected chi connectivity index (χ4v) is 3.93. The zero-order valence-corrected chi connectivity index (χ0v) is 15.9. The number of hydrogen-bond donors (Lipinski definition) is 2. The lowest BCUT2D eigenvalue weighted by Crippen LogP contribution is -2.22. The van der Waals surface area contributed by atoms with E-state index in [1.807, 2.05) is 30.3 Å². The van der Waals surface area contributed by atoms with E-state index >= 15 is 0 Å². The molecule has 6 nitrogen and oxygen atoms in total. The van der Waals surface area contributed by atoms with Gasteiger partial charge in [0.05, 0.1) is 11.1 Å². The molecule has 0 atom stereocenters. The topological polar surface area (TPSA) is 84.2 Å². The Morgan fingerprint density at radius 1 is 1.11 bits per heavy atom. The highest BCUT2D eigenvalue weighted by molar-refractivity contribution is 7.16. The molecule has 0 radical (unpaired) electrons. The molecule has 2 aromatic heterocycles. The fraction of sp³-hybridized carbons (Fsp3) is 0.0952. The Morgan fingerprint density at radius 2 is 1.89 bits per heavy atom. The molecule has 0 bridgehead atoms. The van der Waals surface area contributed by atoms with Crippen molar-refractivity contribution in [3.63, 3.8) is 0 Å². The Bertz CT molecular complexity index is 1230. The number of fused-ring (bicyclic) bond motifs is 1. The first-order valence-electron chi connectivity index (χ1n) is 8.68. The first kappa shape index (κ1) is 17.9. The van der Waals surface area contributed by atoms with Gasteiger partial charge in [-0.2, -0.15) is 0 Å². The number of phenols is 1. The van der Waals surface area contributed by atoms with Crippen molar-refractivity contribution in [2.75, 3.05) is 0 Å². The number of hydrogen-bond acceptors (Lipinski definition) is 5. The molecule has 2 N–H and O–H groups in total. The van der Waals surface area contributed by atoms with Gasteiger partial charge in [0.1, 0.15) is 10.6 Å². The number of phenolic OH excluding ortho intramolecular Hbond substituents is 1. The lowest BCUT2D eigenvalue weighted by atomic mass is 10.1. The number of aromatic hydroxyl groups is 1. The van der Waals surface area contributed by atoms with Crippen molar-refractivity contribution in [1.29, 1.82) is 0 Å². The van der Waals surface area contributed by atoms with Gasteiger partial charge in [-0.1, -0.05) is 47.7 Å². The predicted octanol–water partition coefficient (Wildman–Crippen LogP) is 3.39. The minimum Gasteiger partial charge on any atom is -0.507 e. The van der Waals surface area contributed by atoms with Gasteiger partial charge in [-0.15, -0.1) is 0 Å². The number of pyridine rings is 1. The number of aryl methyl sites for hydroxylation is 1. The molecule has 0 saturated carbocycles. The quantitative estimate of drug-likeness (QED) is 0.558. The second kappa shape index (κ2) is 7.28. The Hall–Kier alpha value is -3.45. The van der Waals surface area contributed by atoms with Gasteiger partial charge >= 0.3 is 0 Å². The number of benzene rings is 2. The third kappa shape index (κ3) is 3.27. The molecule has 0 saturated heterocycles. The Kier molecular flexibility index (Phi) is 4.67. The molecular weight excluding hydrogens is 374 g/mol. The molecule has 0 aliphatic carbocycles. The van der Waals surface area contributed by atoms with Gasteiger partial charge in [-0.3, -0.25) is 14.2 Å². The third-order valence-electron chi connectivity index (χ3n) is 4.42. The summed E-state index contributed by atoms with van der Waals surface area (Å²) >= 11 is 1.16. The summed E-state index contributed by atoms with van der Waals surface area (Å²) in [5.74, 6) is -0.172. The van der Waals surface area contributed by atoms with Crippen molar-refractivity contribution in [2.45, 2.75) is 13.5 Å². The number of nitrogens with one attached hydrogen (secondary N) is 1. The number of nitrogens with zero attached hydrogens (tertiary/aromatic N) is 2. The van der Waals surface area contributed by atoms with Gasteiger partial charge in [0, 0.05) is 18.1 Å². The molecule has 0 aliphatic heterocycles. The Balaban J connectivity index is 1.64. The minimum absolute atomic E-state index is 0.0537. The maximum atomic E-state index is 12.8. The summed E-state index contributed by atoms with van der Waals surface area (Å²) < 4.78 is 1.40. The van der Waals surface area contributed by atoms with Crippen LogP contribution in [0.2, 0.25) is 0 Å². The first-order chi connectivity index (χ1) is 13.5. The molecule has 7 heteroatoms. The molecule has 2 heterocycles. The van der Waals surface area contributed by atoms with E-state index in [4.69, 9.17) is 0 Å². The van der Waals surface area contributed by atoms with Crippen LogP contribution in [0.15, 0.2) is 65.6 Å². The summed E-state index contributed by atoms with van der Waals surface area (Å²) in [7, 11) is 0. The molecule has 0 spiro atoms. The molecular formula is C21H17N3O3S. The van der Waals surface area contributed by atoms with E-state index in [0.29, 0.717) is 33.0 Å². The summed E-state index contributed by atoms with van der Waals surface area (Å²) in [6.45, 7) is 2.16. The van der Waals surface area contributed by atoms with Crippen LogP contribution in [-0.4, -0.2) is 20.6 Å². The maximum Gasteiger partial charge on any atom is 0.264 e. The standard InChI is InChI=1S/C21H17N3O3S/c1-13-18(19(26)22-12-14-6-3-2-4-7-14)28-21(23-13)24-11-10-15-16(20(24)27)8-5-9-17(15)25/h2-11,25H,12H2,1H3,(H,22,26). The van der Waals surface area contributed by atoms with Gasteiger partial charge in [0.15, 0.2) is 5.13 Å². The molecule has 140 valence electrons. The lowest BCUT2D eigenvalue weighted by molar-refractivity contribution is 0.0954. The van der Waals surface area contributed by atoms with Crippen LogP contribution in [0.1, 0.15) is 20.9 Å². The second-order valence-electron chi connectivity index (χ2n) is 6.31. The van der Waals surface area contributed by atoms with E-state index in [2.05, 4.69) is 10.3 Å². The average molecular weight is 391 g/mol. The maximum absolute atomic E-state index is 12.8. The number of rotatable bonds is 4. The van der Waals surface area contributed by atoms with Crippen LogP contribution in [-0.2, 0) is 6.54 Å². The van der Waals surface area contributed by atoms with Crippen LogP contribution in [0.25, 0.3) is 15.9 Å². The average Bonchev–Trinajstić information content (AvgIpc) is 3.09. The summed E-state index contributed by atoms with van der Waals surface area (Å²) in [4.78, 5) is 30.2. The first-order valence-corrected chi connectivity index (χ1v) is 9.49. The van der Waals surface area contributed by atoms with E-state index < -0.39 is 0 Å². The number of aromatic nitrogens is 2. The van der Waals surface area contributed by atoms with Crippen molar-refractivity contribution in [3.05, 3.63) is 87.3 Å². The number of carbonyl (C=O) groups is 1. The van der Waals surface area contributed by atoms with Crippen LogP contribution in [0.5, 0.6) is 5.75 Å². The van der Waals surface area contributed by atoms with E-state index in [-0.39, 0.29) is 17.2 Å². The second-order valence-corrected chi connectivity index (χ2v) is 7.29. The van der Waals surface area contributed by atoms with Crippen LogP contribution in [0.4, 0.5) is 0 Å². The molecule has 28 heavy (non-hydrogen) atoms. The van der Waals surface area contributed by atoms with Gasteiger partial charge < -0.3 is 10.4 Å². The highest BCUT2D eigenvalue weighted by Gasteiger charge is 2.17. The summed E-state index contributed by atoms with van der Waals surface area (Å²) in [5, 5.41) is 14.1.